The first-order valence-corrected chi connectivity index (χ1v) is 9.45. The molecule has 8 nitrogen and oxygen atoms in total. The van der Waals surface area contributed by atoms with Crippen LogP contribution in [-0.2, 0) is 16.4 Å². The highest BCUT2D eigenvalue weighted by Gasteiger charge is 2.28. The lowest BCUT2D eigenvalue weighted by Crippen LogP contribution is -2.42. The SMILES string of the molecule is Cc1nccn1-c1cc(CNC(=O)N[C@@H]2CCS(=O)(=O)C2)ccn1. The van der Waals surface area contributed by atoms with E-state index in [1.165, 1.54) is 0 Å². The minimum absolute atomic E-state index is 0.0136. The quantitative estimate of drug-likeness (QED) is 0.839. The van der Waals surface area contributed by atoms with Gasteiger partial charge in [0.05, 0.1) is 11.5 Å². The highest BCUT2D eigenvalue weighted by molar-refractivity contribution is 7.91. The first kappa shape index (κ1) is 16.4. The number of pyridine rings is 1. The molecule has 0 aliphatic carbocycles. The zero-order chi connectivity index (χ0) is 17.2. The van der Waals surface area contributed by atoms with E-state index in [1.807, 2.05) is 29.8 Å². The van der Waals surface area contributed by atoms with Gasteiger partial charge in [0, 0.05) is 31.2 Å². The van der Waals surface area contributed by atoms with Crippen LogP contribution in [0, 0.1) is 6.92 Å². The number of rotatable bonds is 4. The van der Waals surface area contributed by atoms with Gasteiger partial charge in [-0.25, -0.2) is 23.2 Å². The Morgan fingerprint density at radius 1 is 1.38 bits per heavy atom. The van der Waals surface area contributed by atoms with E-state index in [0.717, 1.165) is 17.2 Å². The van der Waals surface area contributed by atoms with E-state index in [9.17, 15) is 13.2 Å². The average Bonchev–Trinajstić information content (AvgIpc) is 3.11. The summed E-state index contributed by atoms with van der Waals surface area (Å²) >= 11 is 0. The fourth-order valence-corrected chi connectivity index (χ4v) is 4.32. The minimum atomic E-state index is -3.00. The smallest absolute Gasteiger partial charge is 0.315 e. The van der Waals surface area contributed by atoms with Gasteiger partial charge in [-0.2, -0.15) is 0 Å². The summed E-state index contributed by atoms with van der Waals surface area (Å²) in [6, 6.07) is 3.01. The second kappa shape index (κ2) is 6.60. The number of sulfone groups is 1. The van der Waals surface area contributed by atoms with Crippen LogP contribution in [0.15, 0.2) is 30.7 Å². The lowest BCUT2D eigenvalue weighted by atomic mass is 10.2. The predicted octanol–water partition coefficient (Wildman–Crippen LogP) is 0.562. The Kier molecular flexibility index (Phi) is 4.52. The zero-order valence-corrected chi connectivity index (χ0v) is 14.1. The Morgan fingerprint density at radius 2 is 2.21 bits per heavy atom. The molecule has 9 heteroatoms. The maximum atomic E-state index is 11.9. The number of carbonyl (C=O) groups excluding carboxylic acids is 1. The summed E-state index contributed by atoms with van der Waals surface area (Å²) in [6.45, 7) is 2.21. The van der Waals surface area contributed by atoms with Gasteiger partial charge in [0.25, 0.3) is 0 Å². The van der Waals surface area contributed by atoms with Gasteiger partial charge in [-0.05, 0) is 31.0 Å². The van der Waals surface area contributed by atoms with Gasteiger partial charge in [-0.1, -0.05) is 0 Å². The fraction of sp³-hybridized carbons (Fsp3) is 0.400. The third-order valence-corrected chi connectivity index (χ3v) is 5.67. The summed E-state index contributed by atoms with van der Waals surface area (Å²) in [5.41, 5.74) is 0.891. The van der Waals surface area contributed by atoms with Crippen LogP contribution < -0.4 is 10.6 Å². The number of hydrogen-bond donors (Lipinski definition) is 2. The first-order valence-electron chi connectivity index (χ1n) is 7.63. The van der Waals surface area contributed by atoms with Gasteiger partial charge in [-0.3, -0.25) is 4.57 Å². The minimum Gasteiger partial charge on any atom is -0.334 e. The third-order valence-electron chi connectivity index (χ3n) is 3.90. The van der Waals surface area contributed by atoms with Crippen molar-refractivity contribution in [3.05, 3.63) is 42.1 Å². The molecule has 0 aromatic carbocycles. The Balaban J connectivity index is 1.57. The molecular weight excluding hydrogens is 330 g/mol. The number of aromatic nitrogens is 3. The number of urea groups is 1. The molecule has 3 rings (SSSR count). The summed E-state index contributed by atoms with van der Waals surface area (Å²) in [5.74, 6) is 1.70. The Labute approximate surface area is 140 Å². The molecule has 3 heterocycles. The second-order valence-corrected chi connectivity index (χ2v) is 8.02. The van der Waals surface area contributed by atoms with Crippen LogP contribution in [0.4, 0.5) is 4.79 Å². The molecule has 2 aromatic rings. The molecule has 24 heavy (non-hydrogen) atoms. The van der Waals surface area contributed by atoms with Crippen LogP contribution in [0.1, 0.15) is 17.8 Å². The van der Waals surface area contributed by atoms with E-state index in [1.54, 1.807) is 12.4 Å². The molecule has 1 atom stereocenters. The largest absolute Gasteiger partial charge is 0.334 e. The molecule has 0 bridgehead atoms. The summed E-state index contributed by atoms with van der Waals surface area (Å²) < 4.78 is 24.6. The van der Waals surface area contributed by atoms with Gasteiger partial charge >= 0.3 is 6.03 Å². The maximum Gasteiger partial charge on any atom is 0.315 e. The van der Waals surface area contributed by atoms with Crippen molar-refractivity contribution in [3.63, 3.8) is 0 Å². The lowest BCUT2D eigenvalue weighted by Gasteiger charge is -2.12. The van der Waals surface area contributed by atoms with Crippen molar-refractivity contribution in [2.75, 3.05) is 11.5 Å². The number of nitrogens with zero attached hydrogens (tertiary/aromatic N) is 3. The molecule has 0 unspecified atom stereocenters. The van der Waals surface area contributed by atoms with E-state index in [0.29, 0.717) is 13.0 Å². The molecular formula is C15H19N5O3S. The summed E-state index contributed by atoms with van der Waals surface area (Å²) in [7, 11) is -3.00. The zero-order valence-electron chi connectivity index (χ0n) is 13.3. The summed E-state index contributed by atoms with van der Waals surface area (Å²) in [6.07, 6.45) is 5.66. The Bertz CT molecular complexity index is 846. The maximum absolute atomic E-state index is 11.9. The monoisotopic (exact) mass is 349 g/mol. The van der Waals surface area contributed by atoms with Crippen LogP contribution in [0.2, 0.25) is 0 Å². The van der Waals surface area contributed by atoms with Gasteiger partial charge in [0.2, 0.25) is 0 Å². The van der Waals surface area contributed by atoms with Crippen molar-refractivity contribution in [1.82, 2.24) is 25.2 Å². The Morgan fingerprint density at radius 3 is 2.88 bits per heavy atom. The van der Waals surface area contributed by atoms with E-state index < -0.39 is 9.84 Å². The molecule has 1 saturated heterocycles. The van der Waals surface area contributed by atoms with Gasteiger partial charge in [0.1, 0.15) is 11.6 Å². The predicted molar refractivity (Wildman–Crippen MR) is 88.5 cm³/mol. The van der Waals surface area contributed by atoms with Gasteiger partial charge in [-0.15, -0.1) is 0 Å². The van der Waals surface area contributed by atoms with Crippen LogP contribution in [0.5, 0.6) is 0 Å². The topological polar surface area (TPSA) is 106 Å². The van der Waals surface area contributed by atoms with E-state index in [-0.39, 0.29) is 23.6 Å². The molecule has 0 spiro atoms. The summed E-state index contributed by atoms with van der Waals surface area (Å²) in [4.78, 5) is 20.4. The van der Waals surface area contributed by atoms with Crippen LogP contribution in [0.25, 0.3) is 5.82 Å². The molecule has 0 radical (unpaired) electrons. The molecule has 1 fully saturated rings. The number of aryl methyl sites for hydroxylation is 1. The number of imidazole rings is 1. The summed E-state index contributed by atoms with van der Waals surface area (Å²) in [5, 5.41) is 5.44. The highest BCUT2D eigenvalue weighted by atomic mass is 32.2. The third kappa shape index (κ3) is 3.91. The van der Waals surface area contributed by atoms with E-state index >= 15 is 0 Å². The second-order valence-electron chi connectivity index (χ2n) is 5.79. The molecule has 2 aromatic heterocycles. The van der Waals surface area contributed by atoms with Crippen molar-refractivity contribution in [1.29, 1.82) is 0 Å². The van der Waals surface area contributed by atoms with Crippen LogP contribution in [-0.4, -0.2) is 46.5 Å². The number of hydrogen-bond acceptors (Lipinski definition) is 5. The number of amides is 2. The normalized spacial score (nSPS) is 19.1. The van der Waals surface area contributed by atoms with Crippen LogP contribution in [0.3, 0.4) is 0 Å². The van der Waals surface area contributed by atoms with Crippen molar-refractivity contribution in [2.45, 2.75) is 25.9 Å². The van der Waals surface area contributed by atoms with Crippen LogP contribution >= 0.6 is 0 Å². The molecule has 128 valence electrons. The molecule has 0 saturated carbocycles. The van der Waals surface area contributed by atoms with Gasteiger partial charge < -0.3 is 10.6 Å². The van der Waals surface area contributed by atoms with E-state index in [2.05, 4.69) is 20.6 Å². The Hall–Kier alpha value is -2.42. The van der Waals surface area contributed by atoms with Crippen molar-refractivity contribution in [3.8, 4) is 5.82 Å². The van der Waals surface area contributed by atoms with Gasteiger partial charge in [0.15, 0.2) is 9.84 Å². The van der Waals surface area contributed by atoms with Crippen molar-refractivity contribution < 1.29 is 13.2 Å². The first-order chi connectivity index (χ1) is 11.4. The molecule has 1 aliphatic heterocycles. The standard InChI is InChI=1S/C15H19N5O3S/c1-11-16-5-6-20(11)14-8-12(2-4-17-14)9-18-15(21)19-13-3-7-24(22,23)10-13/h2,4-6,8,13H,3,7,9-10H2,1H3,(H2,18,19,21)/t13-/m1/s1. The van der Waals surface area contributed by atoms with E-state index in [4.69, 9.17) is 0 Å². The molecule has 1 aliphatic rings. The number of carbonyl (C=O) groups is 1. The fourth-order valence-electron chi connectivity index (χ4n) is 2.65. The van der Waals surface area contributed by atoms with Crippen molar-refractivity contribution in [2.24, 2.45) is 0 Å². The number of nitrogens with one attached hydrogen (secondary N) is 2. The molecule has 2 N–H and O–H groups in total. The van der Waals surface area contributed by atoms with Crippen molar-refractivity contribution >= 4 is 15.9 Å². The lowest BCUT2D eigenvalue weighted by molar-refractivity contribution is 0.237. The average molecular weight is 349 g/mol. The molecule has 2 amide bonds. The highest BCUT2D eigenvalue weighted by Crippen LogP contribution is 2.11.